The summed E-state index contributed by atoms with van der Waals surface area (Å²) in [6.07, 6.45) is 2.70. The molecule has 0 amide bonds. The van der Waals surface area contributed by atoms with Crippen LogP contribution in [0.15, 0.2) is 30.3 Å². The Bertz CT molecular complexity index is 349. The second kappa shape index (κ2) is 4.19. The van der Waals surface area contributed by atoms with Crippen LogP contribution in [0.4, 0.5) is 0 Å². The molecule has 1 N–H and O–H groups in total. The van der Waals surface area contributed by atoms with E-state index in [-0.39, 0.29) is 0 Å². The highest BCUT2D eigenvalue weighted by atomic mass is 15.3. The van der Waals surface area contributed by atoms with Crippen LogP contribution in [-0.4, -0.2) is 29.6 Å². The summed E-state index contributed by atoms with van der Waals surface area (Å²) >= 11 is 0. The summed E-state index contributed by atoms with van der Waals surface area (Å²) in [5.74, 6) is 0. The maximum Gasteiger partial charge on any atom is 0.0378 e. The van der Waals surface area contributed by atoms with E-state index in [1.54, 1.807) is 0 Å². The van der Waals surface area contributed by atoms with Gasteiger partial charge in [-0.3, -0.25) is 4.90 Å². The molecule has 2 saturated heterocycles. The topological polar surface area (TPSA) is 15.3 Å². The Morgan fingerprint density at radius 3 is 2.94 bits per heavy atom. The maximum absolute atomic E-state index is 3.64. The summed E-state index contributed by atoms with van der Waals surface area (Å²) in [4.78, 5) is 2.64. The predicted molar refractivity (Wildman–Crippen MR) is 66.3 cm³/mol. The molecule has 0 spiro atoms. The smallest absolute Gasteiger partial charge is 0.0378 e. The van der Waals surface area contributed by atoms with Crippen LogP contribution < -0.4 is 5.32 Å². The molecule has 2 aliphatic rings. The van der Waals surface area contributed by atoms with E-state index in [0.717, 1.165) is 18.6 Å². The third kappa shape index (κ3) is 1.66. The fourth-order valence-electron chi connectivity index (χ4n) is 3.22. The van der Waals surface area contributed by atoms with Gasteiger partial charge in [0.25, 0.3) is 0 Å². The molecule has 0 saturated carbocycles. The van der Waals surface area contributed by atoms with E-state index in [1.807, 2.05) is 0 Å². The predicted octanol–water partition coefficient (Wildman–Crippen LogP) is 2.01. The lowest BCUT2D eigenvalue weighted by Gasteiger charge is -2.56. The van der Waals surface area contributed by atoms with Crippen LogP contribution in [0.1, 0.15) is 25.3 Å². The molecule has 2 fully saturated rings. The van der Waals surface area contributed by atoms with Gasteiger partial charge in [-0.05, 0) is 31.9 Å². The largest absolute Gasteiger partial charge is 0.311 e. The van der Waals surface area contributed by atoms with Crippen molar-refractivity contribution in [2.24, 2.45) is 0 Å². The molecule has 0 aliphatic carbocycles. The molecular weight excluding hydrogens is 196 g/mol. The molecule has 16 heavy (non-hydrogen) atoms. The maximum atomic E-state index is 3.64. The lowest BCUT2D eigenvalue weighted by Crippen LogP contribution is -2.72. The molecule has 2 heteroatoms. The van der Waals surface area contributed by atoms with Crippen molar-refractivity contribution in [1.29, 1.82) is 0 Å². The zero-order chi connectivity index (χ0) is 11.0. The normalized spacial score (nSPS) is 34.2. The fraction of sp³-hybridized carbons (Fsp3) is 0.571. The van der Waals surface area contributed by atoms with Crippen LogP contribution in [0.2, 0.25) is 0 Å². The van der Waals surface area contributed by atoms with Gasteiger partial charge in [-0.15, -0.1) is 0 Å². The molecule has 2 heterocycles. The van der Waals surface area contributed by atoms with Crippen molar-refractivity contribution in [3.05, 3.63) is 35.9 Å². The van der Waals surface area contributed by atoms with Crippen LogP contribution in [0.3, 0.4) is 0 Å². The molecule has 0 radical (unpaired) electrons. The van der Waals surface area contributed by atoms with Gasteiger partial charge in [-0.2, -0.15) is 0 Å². The van der Waals surface area contributed by atoms with Gasteiger partial charge in [-0.25, -0.2) is 0 Å². The summed E-state index contributed by atoms with van der Waals surface area (Å²) in [7, 11) is 0. The van der Waals surface area contributed by atoms with Crippen molar-refractivity contribution in [3.8, 4) is 0 Å². The van der Waals surface area contributed by atoms with Crippen molar-refractivity contribution >= 4 is 0 Å². The quantitative estimate of drug-likeness (QED) is 0.813. The van der Waals surface area contributed by atoms with Crippen molar-refractivity contribution < 1.29 is 0 Å². The first-order valence-electron chi connectivity index (χ1n) is 6.39. The van der Waals surface area contributed by atoms with E-state index in [0.29, 0.717) is 6.04 Å². The number of hydrogen-bond donors (Lipinski definition) is 1. The minimum Gasteiger partial charge on any atom is -0.311 e. The second-order valence-electron chi connectivity index (χ2n) is 5.09. The highest BCUT2D eigenvalue weighted by molar-refractivity contribution is 5.17. The number of benzene rings is 1. The van der Waals surface area contributed by atoms with Gasteiger partial charge >= 0.3 is 0 Å². The molecule has 2 nitrogen and oxygen atoms in total. The zero-order valence-corrected chi connectivity index (χ0v) is 9.89. The molecule has 1 aromatic rings. The molecule has 2 aliphatic heterocycles. The number of likely N-dealkylation sites (tertiary alicyclic amines) is 1. The summed E-state index contributed by atoms with van der Waals surface area (Å²) in [5, 5.41) is 3.64. The van der Waals surface area contributed by atoms with Crippen LogP contribution in [0.25, 0.3) is 0 Å². The standard InChI is InChI=1S/C14H20N2/c1-11-14-13(8-5-9-15-14)16(11)10-12-6-3-2-4-7-12/h2-4,6-7,11,13-15H,5,8-10H2,1H3/t11-,13?,14-/m0/s1. The Morgan fingerprint density at radius 2 is 2.12 bits per heavy atom. The molecule has 3 atom stereocenters. The van der Waals surface area contributed by atoms with Crippen molar-refractivity contribution in [2.45, 2.75) is 44.4 Å². The molecule has 1 aromatic carbocycles. The van der Waals surface area contributed by atoms with E-state index in [2.05, 4.69) is 47.5 Å². The first-order chi connectivity index (χ1) is 7.86. The summed E-state index contributed by atoms with van der Waals surface area (Å²) < 4.78 is 0. The van der Waals surface area contributed by atoms with E-state index >= 15 is 0 Å². The van der Waals surface area contributed by atoms with E-state index in [4.69, 9.17) is 0 Å². The Balaban J connectivity index is 1.68. The average molecular weight is 216 g/mol. The third-order valence-electron chi connectivity index (χ3n) is 4.15. The zero-order valence-electron chi connectivity index (χ0n) is 9.89. The molecule has 86 valence electrons. The lowest BCUT2D eigenvalue weighted by molar-refractivity contribution is -0.0439. The summed E-state index contributed by atoms with van der Waals surface area (Å²) in [6.45, 7) is 4.68. The molecule has 0 aromatic heterocycles. The number of fused-ring (bicyclic) bond motifs is 1. The first-order valence-corrected chi connectivity index (χ1v) is 6.39. The summed E-state index contributed by atoms with van der Waals surface area (Å²) in [5.41, 5.74) is 1.44. The van der Waals surface area contributed by atoms with Gasteiger partial charge in [0.15, 0.2) is 0 Å². The minimum absolute atomic E-state index is 0.700. The number of rotatable bonds is 2. The Labute approximate surface area is 97.6 Å². The first kappa shape index (κ1) is 10.3. The van der Waals surface area contributed by atoms with Gasteiger partial charge in [0.05, 0.1) is 0 Å². The molecular formula is C14H20N2. The Morgan fingerprint density at radius 1 is 1.31 bits per heavy atom. The Hall–Kier alpha value is -0.860. The minimum atomic E-state index is 0.700. The molecule has 1 unspecified atom stereocenters. The van der Waals surface area contributed by atoms with Gasteiger partial charge in [-0.1, -0.05) is 30.3 Å². The molecule has 0 bridgehead atoms. The van der Waals surface area contributed by atoms with Gasteiger partial charge in [0, 0.05) is 24.7 Å². The lowest BCUT2D eigenvalue weighted by atomic mass is 9.81. The van der Waals surface area contributed by atoms with Crippen molar-refractivity contribution in [2.75, 3.05) is 6.54 Å². The average Bonchev–Trinajstić information content (AvgIpc) is 2.37. The monoisotopic (exact) mass is 216 g/mol. The SMILES string of the molecule is C[C@H]1[C@@H]2NCCCC2N1Cc1ccccc1. The number of hydrogen-bond acceptors (Lipinski definition) is 2. The number of nitrogens with one attached hydrogen (secondary N) is 1. The van der Waals surface area contributed by atoms with Crippen LogP contribution in [-0.2, 0) is 6.54 Å². The highest BCUT2D eigenvalue weighted by Crippen LogP contribution is 2.33. The van der Waals surface area contributed by atoms with Crippen LogP contribution in [0, 0.1) is 0 Å². The Kier molecular flexibility index (Phi) is 2.70. The second-order valence-corrected chi connectivity index (χ2v) is 5.09. The van der Waals surface area contributed by atoms with E-state index in [9.17, 15) is 0 Å². The summed E-state index contributed by atoms with van der Waals surface area (Å²) in [6, 6.07) is 13.1. The van der Waals surface area contributed by atoms with Crippen LogP contribution in [0.5, 0.6) is 0 Å². The highest BCUT2D eigenvalue weighted by Gasteiger charge is 2.45. The third-order valence-corrected chi connectivity index (χ3v) is 4.15. The van der Waals surface area contributed by atoms with Gasteiger partial charge in [0.1, 0.15) is 0 Å². The number of nitrogens with zero attached hydrogens (tertiary/aromatic N) is 1. The number of piperidine rings is 1. The van der Waals surface area contributed by atoms with Gasteiger partial charge < -0.3 is 5.32 Å². The fourth-order valence-corrected chi connectivity index (χ4v) is 3.22. The van der Waals surface area contributed by atoms with Crippen molar-refractivity contribution in [3.63, 3.8) is 0 Å². The van der Waals surface area contributed by atoms with Crippen molar-refractivity contribution in [1.82, 2.24) is 10.2 Å². The van der Waals surface area contributed by atoms with Crippen LogP contribution >= 0.6 is 0 Å². The molecule has 3 rings (SSSR count). The van der Waals surface area contributed by atoms with E-state index < -0.39 is 0 Å². The van der Waals surface area contributed by atoms with Gasteiger partial charge in [0.2, 0.25) is 0 Å². The van der Waals surface area contributed by atoms with E-state index in [1.165, 1.54) is 24.9 Å².